The molecule has 0 spiro atoms. The minimum atomic E-state index is -0.782. The van der Waals surface area contributed by atoms with Crippen LogP contribution >= 0.6 is 0 Å². The van der Waals surface area contributed by atoms with E-state index in [4.69, 9.17) is 0 Å². The first-order valence-corrected chi connectivity index (χ1v) is 15.9. The van der Waals surface area contributed by atoms with E-state index in [9.17, 15) is 5.11 Å². The molecule has 5 rings (SSSR count). The molecule has 0 heterocycles. The van der Waals surface area contributed by atoms with Gasteiger partial charge in [0.1, 0.15) is 5.76 Å². The normalized spacial score (nSPS) is 15.5. The molecule has 2 aliphatic rings. The van der Waals surface area contributed by atoms with Crippen molar-refractivity contribution in [3.8, 4) is 11.1 Å². The molecule has 0 bridgehead atoms. The standard InChI is InChI=1S/C35H42OSi/c1-9-37(10-2)30-19-22-13-11-12-14-25(22)32(33(30)36)31-28-20-23(34(3,4)5)15-17-26(28)27-18-16-24(21-29(27)31)35(6,7)8/h11-18,20-21,31,36H,9-10,19H2,1-8H3. The molecule has 0 amide bonds. The van der Waals surface area contributed by atoms with E-state index in [2.05, 4.69) is 116 Å². The summed E-state index contributed by atoms with van der Waals surface area (Å²) in [4.78, 5) is 0. The van der Waals surface area contributed by atoms with E-state index in [1.165, 1.54) is 49.7 Å². The molecule has 0 saturated carbocycles. The van der Waals surface area contributed by atoms with Crippen LogP contribution in [-0.4, -0.2) is 18.7 Å². The SMILES string of the molecule is CC[Si](CC)=C1Cc2ccccc2C(C2c3cc(C(C)(C)C)ccc3-c3ccc(C(C)(C)C)cc32)=C1O. The van der Waals surface area contributed by atoms with Crippen LogP contribution in [0.2, 0.25) is 12.1 Å². The zero-order chi connectivity index (χ0) is 26.7. The Morgan fingerprint density at radius 3 is 1.73 bits per heavy atom. The lowest BCUT2D eigenvalue weighted by atomic mass is 9.76. The van der Waals surface area contributed by atoms with Gasteiger partial charge in [-0.1, -0.05) is 116 Å². The van der Waals surface area contributed by atoms with Crippen LogP contribution in [0.15, 0.2) is 66.4 Å². The maximum absolute atomic E-state index is 12.1. The van der Waals surface area contributed by atoms with Crippen LogP contribution in [0, 0.1) is 0 Å². The lowest BCUT2D eigenvalue weighted by Crippen LogP contribution is -2.26. The van der Waals surface area contributed by atoms with E-state index in [0.717, 1.165) is 24.1 Å². The highest BCUT2D eigenvalue weighted by atomic mass is 28.2. The molecular formula is C35H42OSi. The van der Waals surface area contributed by atoms with Crippen LogP contribution < -0.4 is 0 Å². The fourth-order valence-electron chi connectivity index (χ4n) is 6.27. The van der Waals surface area contributed by atoms with Gasteiger partial charge in [0, 0.05) is 19.9 Å². The van der Waals surface area contributed by atoms with Gasteiger partial charge in [0.05, 0.1) is 0 Å². The summed E-state index contributed by atoms with van der Waals surface area (Å²) in [7, 11) is -0.782. The van der Waals surface area contributed by atoms with Crippen LogP contribution in [0.4, 0.5) is 0 Å². The number of rotatable bonds is 3. The van der Waals surface area contributed by atoms with Crippen molar-refractivity contribution < 1.29 is 5.11 Å². The Kier molecular flexibility index (Phi) is 6.47. The molecule has 2 heteroatoms. The van der Waals surface area contributed by atoms with Gasteiger partial charge < -0.3 is 5.11 Å². The van der Waals surface area contributed by atoms with Gasteiger partial charge in [0.2, 0.25) is 0 Å². The molecule has 0 radical (unpaired) electrons. The molecule has 0 atom stereocenters. The Morgan fingerprint density at radius 2 is 1.24 bits per heavy atom. The summed E-state index contributed by atoms with van der Waals surface area (Å²) in [5.74, 6) is 0.616. The van der Waals surface area contributed by atoms with E-state index in [1.807, 2.05) is 0 Å². The van der Waals surface area contributed by atoms with Crippen molar-refractivity contribution in [2.75, 3.05) is 0 Å². The van der Waals surface area contributed by atoms with Crippen molar-refractivity contribution in [1.82, 2.24) is 0 Å². The van der Waals surface area contributed by atoms with Gasteiger partial charge in [-0.2, -0.15) is 0 Å². The summed E-state index contributed by atoms with van der Waals surface area (Å²) >= 11 is 0. The summed E-state index contributed by atoms with van der Waals surface area (Å²) < 4.78 is 0. The Morgan fingerprint density at radius 1 is 0.730 bits per heavy atom. The number of allylic oxidation sites excluding steroid dienone is 2. The van der Waals surface area contributed by atoms with Crippen LogP contribution in [0.5, 0.6) is 0 Å². The van der Waals surface area contributed by atoms with Crippen molar-refractivity contribution in [3.05, 3.63) is 99.8 Å². The Labute approximate surface area is 225 Å². The predicted molar refractivity (Wildman–Crippen MR) is 163 cm³/mol. The topological polar surface area (TPSA) is 20.2 Å². The molecule has 0 fully saturated rings. The number of fused-ring (bicyclic) bond motifs is 4. The quantitative estimate of drug-likeness (QED) is 0.351. The first kappa shape index (κ1) is 25.9. The molecule has 3 aromatic carbocycles. The van der Waals surface area contributed by atoms with Gasteiger partial charge in [-0.25, -0.2) is 0 Å². The maximum atomic E-state index is 12.1. The summed E-state index contributed by atoms with van der Waals surface area (Å²) in [6.07, 6.45) is 0.887. The monoisotopic (exact) mass is 506 g/mol. The van der Waals surface area contributed by atoms with Crippen LogP contribution in [-0.2, 0) is 17.3 Å². The van der Waals surface area contributed by atoms with Crippen molar-refractivity contribution >= 4 is 19.2 Å². The fraction of sp³-hybridized carbons (Fsp3) is 0.400. The molecular weight excluding hydrogens is 464 g/mol. The third-order valence-electron chi connectivity index (χ3n) is 8.53. The van der Waals surface area contributed by atoms with Gasteiger partial charge in [-0.15, -0.1) is 0 Å². The molecule has 0 saturated heterocycles. The van der Waals surface area contributed by atoms with Gasteiger partial charge in [-0.05, 0) is 79.0 Å². The summed E-state index contributed by atoms with van der Waals surface area (Å²) in [5.41, 5.74) is 11.8. The minimum absolute atomic E-state index is 0.0306. The van der Waals surface area contributed by atoms with Gasteiger partial charge >= 0.3 is 0 Å². The van der Waals surface area contributed by atoms with E-state index in [0.29, 0.717) is 5.76 Å². The predicted octanol–water partition coefficient (Wildman–Crippen LogP) is 9.21. The minimum Gasteiger partial charge on any atom is -0.508 e. The lowest BCUT2D eigenvalue weighted by Gasteiger charge is -2.30. The average Bonchev–Trinajstić information content (AvgIpc) is 3.17. The van der Waals surface area contributed by atoms with Crippen LogP contribution in [0.3, 0.4) is 0 Å². The number of hydrogen-bond donors (Lipinski definition) is 1. The zero-order valence-corrected chi connectivity index (χ0v) is 24.9. The Balaban J connectivity index is 1.87. The van der Waals surface area contributed by atoms with Crippen LogP contribution in [0.1, 0.15) is 94.7 Å². The Hall–Kier alpha value is -2.71. The molecule has 192 valence electrons. The summed E-state index contributed by atoms with van der Waals surface area (Å²) in [6, 6.07) is 25.2. The molecule has 3 aromatic rings. The molecule has 0 aromatic heterocycles. The van der Waals surface area contributed by atoms with E-state index >= 15 is 0 Å². The zero-order valence-electron chi connectivity index (χ0n) is 23.9. The first-order chi connectivity index (χ1) is 17.5. The van der Waals surface area contributed by atoms with Crippen molar-refractivity contribution in [3.63, 3.8) is 0 Å². The number of aliphatic hydroxyl groups is 1. The summed E-state index contributed by atoms with van der Waals surface area (Å²) in [6.45, 7) is 18.3. The molecule has 37 heavy (non-hydrogen) atoms. The van der Waals surface area contributed by atoms with Gasteiger partial charge in [0.15, 0.2) is 0 Å². The number of hydrogen-bond acceptors (Lipinski definition) is 1. The molecule has 1 N–H and O–H groups in total. The average molecular weight is 507 g/mol. The molecule has 2 aliphatic carbocycles. The lowest BCUT2D eigenvalue weighted by molar-refractivity contribution is 0.442. The Bertz CT molecular complexity index is 1370. The molecule has 1 nitrogen and oxygen atoms in total. The maximum Gasteiger partial charge on any atom is 0.119 e. The third-order valence-corrected chi connectivity index (χ3v) is 11.5. The van der Waals surface area contributed by atoms with Crippen molar-refractivity contribution in [2.45, 2.75) is 90.6 Å². The van der Waals surface area contributed by atoms with Crippen molar-refractivity contribution in [2.24, 2.45) is 0 Å². The van der Waals surface area contributed by atoms with E-state index in [1.54, 1.807) is 0 Å². The third kappa shape index (κ3) is 4.38. The highest BCUT2D eigenvalue weighted by Gasteiger charge is 2.38. The number of aliphatic hydroxyl groups excluding tert-OH is 1. The second-order valence-corrected chi connectivity index (χ2v) is 16.1. The van der Waals surface area contributed by atoms with E-state index < -0.39 is 8.41 Å². The van der Waals surface area contributed by atoms with Crippen molar-refractivity contribution in [1.29, 1.82) is 0 Å². The highest BCUT2D eigenvalue weighted by molar-refractivity contribution is 6.74. The van der Waals surface area contributed by atoms with E-state index in [-0.39, 0.29) is 16.7 Å². The number of benzene rings is 3. The highest BCUT2D eigenvalue weighted by Crippen LogP contribution is 2.54. The second-order valence-electron chi connectivity index (χ2n) is 12.9. The largest absolute Gasteiger partial charge is 0.508 e. The van der Waals surface area contributed by atoms with Gasteiger partial charge in [-0.3, -0.25) is 0 Å². The fourth-order valence-corrected chi connectivity index (χ4v) is 8.53. The van der Waals surface area contributed by atoms with Crippen LogP contribution in [0.25, 0.3) is 16.7 Å². The first-order valence-electron chi connectivity index (χ1n) is 14.0. The van der Waals surface area contributed by atoms with Gasteiger partial charge in [0.25, 0.3) is 0 Å². The second kappa shape index (κ2) is 9.24. The molecule has 0 unspecified atom stereocenters. The smallest absolute Gasteiger partial charge is 0.119 e. The summed E-state index contributed by atoms with van der Waals surface area (Å²) in [5, 5.41) is 13.5. The molecule has 0 aliphatic heterocycles.